The van der Waals surface area contributed by atoms with Crippen molar-refractivity contribution in [2.24, 2.45) is 0 Å². The average Bonchev–Trinajstić information content (AvgIpc) is 2.39. The fourth-order valence-electron chi connectivity index (χ4n) is 1.52. The highest BCUT2D eigenvalue weighted by Gasteiger charge is 2.13. The van der Waals surface area contributed by atoms with Gasteiger partial charge in [0.05, 0.1) is 12.7 Å². The molecule has 5 heteroatoms. The van der Waals surface area contributed by atoms with Crippen LogP contribution in [0.4, 0.5) is 0 Å². The number of rotatable bonds is 6. The molecule has 0 saturated carbocycles. The van der Waals surface area contributed by atoms with E-state index in [1.165, 1.54) is 7.11 Å². The molecule has 1 aromatic carbocycles. The van der Waals surface area contributed by atoms with Crippen LogP contribution in [0.2, 0.25) is 0 Å². The van der Waals surface area contributed by atoms with Crippen molar-refractivity contribution in [3.05, 3.63) is 35.4 Å². The molecule has 1 atom stereocenters. The Bertz CT molecular complexity index is 414. The zero-order valence-corrected chi connectivity index (χ0v) is 10.5. The molecular formula is C13H17NO4. The van der Waals surface area contributed by atoms with Crippen LogP contribution in [0.3, 0.4) is 0 Å². The molecule has 0 aliphatic carbocycles. The van der Waals surface area contributed by atoms with Crippen molar-refractivity contribution in [3.8, 4) is 0 Å². The lowest BCUT2D eigenvalue weighted by molar-refractivity contribution is -0.139. The largest absolute Gasteiger partial charge is 0.480 e. The van der Waals surface area contributed by atoms with Crippen molar-refractivity contribution >= 4 is 11.9 Å². The summed E-state index contributed by atoms with van der Waals surface area (Å²) in [4.78, 5) is 22.0. The molecule has 0 fully saturated rings. The van der Waals surface area contributed by atoms with Crippen molar-refractivity contribution in [3.63, 3.8) is 0 Å². The number of carboxylic acids is 1. The number of methoxy groups -OCH3 is 1. The van der Waals surface area contributed by atoms with E-state index < -0.39 is 12.0 Å². The quantitative estimate of drug-likeness (QED) is 0.748. The van der Waals surface area contributed by atoms with Gasteiger partial charge in [0.1, 0.15) is 6.04 Å². The van der Waals surface area contributed by atoms with Crippen molar-refractivity contribution in [1.82, 2.24) is 5.32 Å². The van der Waals surface area contributed by atoms with E-state index in [4.69, 9.17) is 5.11 Å². The summed E-state index contributed by atoms with van der Waals surface area (Å²) >= 11 is 0. The number of hydrogen-bond donors (Lipinski definition) is 2. The number of carbonyl (C=O) groups excluding carboxylic acids is 1. The maximum absolute atomic E-state index is 11.2. The molecule has 0 saturated heterocycles. The van der Waals surface area contributed by atoms with E-state index in [-0.39, 0.29) is 5.97 Å². The summed E-state index contributed by atoms with van der Waals surface area (Å²) in [6.45, 7) is 2.26. The zero-order valence-electron chi connectivity index (χ0n) is 10.5. The lowest BCUT2D eigenvalue weighted by Gasteiger charge is -2.12. The third-order valence-electron chi connectivity index (χ3n) is 2.63. The normalized spacial score (nSPS) is 11.9. The van der Waals surface area contributed by atoms with Crippen LogP contribution in [0.15, 0.2) is 24.3 Å². The predicted octanol–water partition coefficient (Wildman–Crippen LogP) is 1.43. The van der Waals surface area contributed by atoms with Gasteiger partial charge in [-0.3, -0.25) is 4.79 Å². The summed E-state index contributed by atoms with van der Waals surface area (Å²) in [7, 11) is 1.33. The second-order valence-electron chi connectivity index (χ2n) is 3.87. The van der Waals surface area contributed by atoms with Crippen LogP contribution in [0.1, 0.15) is 29.3 Å². The van der Waals surface area contributed by atoms with Crippen LogP contribution < -0.4 is 5.32 Å². The molecular weight excluding hydrogens is 234 g/mol. The minimum absolute atomic E-state index is 0.383. The second-order valence-corrected chi connectivity index (χ2v) is 3.87. The Kier molecular flexibility index (Phi) is 5.32. The van der Waals surface area contributed by atoms with Gasteiger partial charge in [-0.25, -0.2) is 4.79 Å². The van der Waals surface area contributed by atoms with Gasteiger partial charge in [-0.05, 0) is 24.1 Å². The SMILES string of the molecule is CCC(NCc1ccc(C(=O)OC)cc1)C(=O)O. The number of carbonyl (C=O) groups is 2. The van der Waals surface area contributed by atoms with Crippen LogP contribution >= 0.6 is 0 Å². The van der Waals surface area contributed by atoms with Gasteiger partial charge in [-0.2, -0.15) is 0 Å². The van der Waals surface area contributed by atoms with Crippen LogP contribution in [-0.2, 0) is 16.1 Å². The highest BCUT2D eigenvalue weighted by Crippen LogP contribution is 2.06. The lowest BCUT2D eigenvalue weighted by atomic mass is 10.1. The first kappa shape index (κ1) is 14.2. The van der Waals surface area contributed by atoms with Crippen LogP contribution in [0.5, 0.6) is 0 Å². The second kappa shape index (κ2) is 6.76. The maximum atomic E-state index is 11.2. The highest BCUT2D eigenvalue weighted by atomic mass is 16.5. The van der Waals surface area contributed by atoms with Crippen molar-refractivity contribution in [1.29, 1.82) is 0 Å². The number of aliphatic carboxylic acids is 1. The molecule has 0 amide bonds. The lowest BCUT2D eigenvalue weighted by Crippen LogP contribution is -2.35. The van der Waals surface area contributed by atoms with E-state index in [0.29, 0.717) is 18.5 Å². The Balaban J connectivity index is 2.58. The minimum atomic E-state index is -0.858. The minimum Gasteiger partial charge on any atom is -0.480 e. The first-order valence-corrected chi connectivity index (χ1v) is 5.72. The number of carboxylic acid groups (broad SMARTS) is 1. The summed E-state index contributed by atoms with van der Waals surface area (Å²) in [6, 6.07) is 6.31. The molecule has 2 N–H and O–H groups in total. The molecule has 0 bridgehead atoms. The van der Waals surface area contributed by atoms with Crippen LogP contribution in [-0.4, -0.2) is 30.2 Å². The molecule has 5 nitrogen and oxygen atoms in total. The third-order valence-corrected chi connectivity index (χ3v) is 2.63. The fourth-order valence-corrected chi connectivity index (χ4v) is 1.52. The maximum Gasteiger partial charge on any atom is 0.337 e. The molecule has 0 spiro atoms. The Labute approximate surface area is 106 Å². The third kappa shape index (κ3) is 3.85. The van der Waals surface area contributed by atoms with Crippen molar-refractivity contribution in [2.45, 2.75) is 25.9 Å². The van der Waals surface area contributed by atoms with Gasteiger partial charge < -0.3 is 15.2 Å². The van der Waals surface area contributed by atoms with E-state index in [2.05, 4.69) is 10.1 Å². The Morgan fingerprint density at radius 3 is 2.39 bits per heavy atom. The van der Waals surface area contributed by atoms with Gasteiger partial charge in [0, 0.05) is 6.54 Å². The van der Waals surface area contributed by atoms with Gasteiger partial charge in [-0.15, -0.1) is 0 Å². The molecule has 0 radical (unpaired) electrons. The summed E-state index contributed by atoms with van der Waals surface area (Å²) < 4.78 is 4.59. The standard InChI is InChI=1S/C13H17NO4/c1-3-11(12(15)16)14-8-9-4-6-10(7-5-9)13(17)18-2/h4-7,11,14H,3,8H2,1-2H3,(H,15,16). The van der Waals surface area contributed by atoms with Gasteiger partial charge in [0.15, 0.2) is 0 Å². The topological polar surface area (TPSA) is 75.6 Å². The first-order chi connectivity index (χ1) is 8.58. The molecule has 0 aliphatic rings. The molecule has 1 rings (SSSR count). The zero-order chi connectivity index (χ0) is 13.5. The Morgan fingerprint density at radius 2 is 1.94 bits per heavy atom. The Hall–Kier alpha value is -1.88. The molecule has 0 aliphatic heterocycles. The molecule has 1 aromatic rings. The van der Waals surface area contributed by atoms with Crippen LogP contribution in [0.25, 0.3) is 0 Å². The first-order valence-electron chi connectivity index (χ1n) is 5.72. The van der Waals surface area contributed by atoms with Crippen LogP contribution in [0, 0.1) is 0 Å². The van der Waals surface area contributed by atoms with E-state index in [0.717, 1.165) is 5.56 Å². The molecule has 98 valence electrons. The summed E-state index contributed by atoms with van der Waals surface area (Å²) in [5, 5.41) is 11.8. The number of hydrogen-bond acceptors (Lipinski definition) is 4. The van der Waals surface area contributed by atoms with E-state index in [9.17, 15) is 9.59 Å². The van der Waals surface area contributed by atoms with E-state index in [1.807, 2.05) is 6.92 Å². The van der Waals surface area contributed by atoms with Gasteiger partial charge in [0.2, 0.25) is 0 Å². The number of esters is 1. The van der Waals surface area contributed by atoms with Gasteiger partial charge >= 0.3 is 11.9 Å². The summed E-state index contributed by atoms with van der Waals surface area (Å²) in [5.74, 6) is -1.24. The number of ether oxygens (including phenoxy) is 1. The average molecular weight is 251 g/mol. The number of nitrogens with one attached hydrogen (secondary N) is 1. The van der Waals surface area contributed by atoms with Crippen molar-refractivity contribution < 1.29 is 19.4 Å². The predicted molar refractivity (Wildman–Crippen MR) is 66.3 cm³/mol. The Morgan fingerprint density at radius 1 is 1.33 bits per heavy atom. The van der Waals surface area contributed by atoms with Gasteiger partial charge in [-0.1, -0.05) is 19.1 Å². The molecule has 0 aromatic heterocycles. The van der Waals surface area contributed by atoms with Gasteiger partial charge in [0.25, 0.3) is 0 Å². The summed E-state index contributed by atoms with van der Waals surface area (Å²) in [6.07, 6.45) is 0.523. The monoisotopic (exact) mass is 251 g/mol. The smallest absolute Gasteiger partial charge is 0.337 e. The van der Waals surface area contributed by atoms with Crippen molar-refractivity contribution in [2.75, 3.05) is 7.11 Å². The molecule has 1 unspecified atom stereocenters. The van der Waals surface area contributed by atoms with E-state index in [1.54, 1.807) is 24.3 Å². The molecule has 18 heavy (non-hydrogen) atoms. The number of benzene rings is 1. The fraction of sp³-hybridized carbons (Fsp3) is 0.385. The van der Waals surface area contributed by atoms with E-state index >= 15 is 0 Å². The molecule has 0 heterocycles. The highest BCUT2D eigenvalue weighted by molar-refractivity contribution is 5.89. The summed E-state index contributed by atoms with van der Waals surface area (Å²) in [5.41, 5.74) is 1.40.